The normalized spacial score (nSPS) is 11.0. The molecule has 0 saturated carbocycles. The van der Waals surface area contributed by atoms with Crippen molar-refractivity contribution >= 4 is 10.8 Å². The molecular weight excluding hydrogens is 240 g/mol. The summed E-state index contributed by atoms with van der Waals surface area (Å²) < 4.78 is 0. The van der Waals surface area contributed by atoms with Crippen LogP contribution in [0.3, 0.4) is 0 Å². The Balaban J connectivity index is 2.09. The Kier molecular flexibility index (Phi) is 2.53. The summed E-state index contributed by atoms with van der Waals surface area (Å²) >= 11 is 0. The van der Waals surface area contributed by atoms with Crippen LogP contribution in [0.1, 0.15) is 0 Å². The van der Waals surface area contributed by atoms with Gasteiger partial charge in [0.1, 0.15) is 0 Å². The first kappa shape index (κ1) is 11.2. The number of benzene rings is 2. The lowest BCUT2D eigenvalue weighted by atomic mass is 10.00. The fourth-order valence-electron chi connectivity index (χ4n) is 2.91. The van der Waals surface area contributed by atoms with Crippen LogP contribution < -0.4 is 0 Å². The van der Waals surface area contributed by atoms with E-state index < -0.39 is 0 Å². The third-order valence-corrected chi connectivity index (χ3v) is 3.85. The Morgan fingerprint density at radius 2 is 1.10 bits per heavy atom. The van der Waals surface area contributed by atoms with Crippen LogP contribution in [0, 0.1) is 0 Å². The lowest BCUT2D eigenvalue weighted by molar-refractivity contribution is 1.66. The summed E-state index contributed by atoms with van der Waals surface area (Å²) in [5, 5.41) is 2.64. The van der Waals surface area contributed by atoms with E-state index in [9.17, 15) is 0 Å². The van der Waals surface area contributed by atoms with Gasteiger partial charge in [0.05, 0.1) is 0 Å². The second-order valence-corrected chi connectivity index (χ2v) is 5.06. The minimum Gasteiger partial charge on any atom is -0.0622 e. The first-order chi connectivity index (χ1) is 9.93. The zero-order valence-corrected chi connectivity index (χ0v) is 11.1. The Morgan fingerprint density at radius 1 is 0.450 bits per heavy atom. The predicted octanol–water partition coefficient (Wildman–Crippen LogP) is 5.61. The fraction of sp³-hybridized carbons (Fsp3) is 0. The molecule has 2 aromatic rings. The highest BCUT2D eigenvalue weighted by Crippen LogP contribution is 2.39. The monoisotopic (exact) mass is 254 g/mol. The fourth-order valence-corrected chi connectivity index (χ4v) is 2.91. The van der Waals surface area contributed by atoms with Gasteiger partial charge >= 0.3 is 0 Å². The van der Waals surface area contributed by atoms with E-state index in [1.54, 1.807) is 0 Å². The van der Waals surface area contributed by atoms with Crippen molar-refractivity contribution < 1.29 is 0 Å². The van der Waals surface area contributed by atoms with Gasteiger partial charge < -0.3 is 0 Å². The van der Waals surface area contributed by atoms with Gasteiger partial charge in [0.2, 0.25) is 0 Å². The zero-order valence-electron chi connectivity index (χ0n) is 11.1. The summed E-state index contributed by atoms with van der Waals surface area (Å²) in [6.07, 6.45) is 0. The molecule has 0 amide bonds. The van der Waals surface area contributed by atoms with Crippen LogP contribution >= 0.6 is 0 Å². The maximum absolute atomic E-state index is 2.30. The Hall–Kier alpha value is -2.60. The number of hydrogen-bond donors (Lipinski definition) is 0. The van der Waals surface area contributed by atoms with Crippen LogP contribution in [0.15, 0.2) is 84.9 Å². The smallest absolute Gasteiger partial charge is 0.00930 e. The molecular formula is C20H14. The van der Waals surface area contributed by atoms with Gasteiger partial charge in [-0.3, -0.25) is 0 Å². The molecule has 0 heterocycles. The summed E-state index contributed by atoms with van der Waals surface area (Å²) in [6.45, 7) is 0. The summed E-state index contributed by atoms with van der Waals surface area (Å²) in [5.41, 5.74) is 5.21. The molecule has 0 saturated heterocycles. The molecule has 0 nitrogen and oxygen atoms in total. The van der Waals surface area contributed by atoms with Crippen molar-refractivity contribution in [2.45, 2.75) is 0 Å². The summed E-state index contributed by atoms with van der Waals surface area (Å²) in [6, 6.07) is 30.2. The van der Waals surface area contributed by atoms with Gasteiger partial charge in [0, 0.05) is 0 Å². The van der Waals surface area contributed by atoms with E-state index in [0.717, 1.165) is 0 Å². The molecule has 0 N–H and O–H groups in total. The van der Waals surface area contributed by atoms with Crippen LogP contribution in [0.5, 0.6) is 0 Å². The van der Waals surface area contributed by atoms with Crippen molar-refractivity contribution in [3.63, 3.8) is 0 Å². The molecule has 4 rings (SSSR count). The maximum Gasteiger partial charge on any atom is -0.00930 e. The Bertz CT molecular complexity index is 844. The molecule has 0 unspecified atom stereocenters. The minimum atomic E-state index is 1.27. The van der Waals surface area contributed by atoms with Crippen LogP contribution in [-0.4, -0.2) is 0 Å². The maximum atomic E-state index is 2.30. The highest BCUT2D eigenvalue weighted by Gasteiger charge is 2.12. The molecule has 0 radical (unpaired) electrons. The van der Waals surface area contributed by atoms with Crippen molar-refractivity contribution in [3.8, 4) is 22.3 Å². The molecule has 0 aliphatic heterocycles. The second-order valence-electron chi connectivity index (χ2n) is 5.06. The molecule has 2 aliphatic rings. The van der Waals surface area contributed by atoms with Crippen molar-refractivity contribution in [2.75, 3.05) is 0 Å². The Morgan fingerprint density at radius 3 is 1.95 bits per heavy atom. The van der Waals surface area contributed by atoms with E-state index in [0.29, 0.717) is 0 Å². The van der Waals surface area contributed by atoms with E-state index >= 15 is 0 Å². The average molecular weight is 254 g/mol. The van der Waals surface area contributed by atoms with Gasteiger partial charge in [-0.05, 0) is 39.1 Å². The van der Waals surface area contributed by atoms with Gasteiger partial charge in [0.25, 0.3) is 0 Å². The highest BCUT2D eigenvalue weighted by molar-refractivity contribution is 6.06. The van der Waals surface area contributed by atoms with Crippen molar-refractivity contribution in [3.05, 3.63) is 84.9 Å². The van der Waals surface area contributed by atoms with Crippen molar-refractivity contribution in [2.24, 2.45) is 0 Å². The molecule has 2 aliphatic carbocycles. The molecule has 94 valence electrons. The van der Waals surface area contributed by atoms with Gasteiger partial charge in [-0.15, -0.1) is 0 Å². The molecule has 0 heteroatoms. The third-order valence-electron chi connectivity index (χ3n) is 3.85. The SMILES string of the molecule is c1ccc(-c2ccccc3c4ccccc4cc2-3)cc1. The van der Waals surface area contributed by atoms with Gasteiger partial charge in [-0.2, -0.15) is 0 Å². The summed E-state index contributed by atoms with van der Waals surface area (Å²) in [5.74, 6) is 0. The van der Waals surface area contributed by atoms with Crippen LogP contribution in [-0.2, 0) is 0 Å². The van der Waals surface area contributed by atoms with E-state index in [1.165, 1.54) is 33.0 Å². The highest BCUT2D eigenvalue weighted by atomic mass is 14.2. The molecule has 0 bridgehead atoms. The van der Waals surface area contributed by atoms with E-state index in [1.807, 2.05) is 0 Å². The van der Waals surface area contributed by atoms with Crippen molar-refractivity contribution in [1.82, 2.24) is 0 Å². The van der Waals surface area contributed by atoms with E-state index in [4.69, 9.17) is 0 Å². The van der Waals surface area contributed by atoms with Gasteiger partial charge in [0.15, 0.2) is 0 Å². The topological polar surface area (TPSA) is 0 Å². The zero-order chi connectivity index (χ0) is 13.4. The average Bonchev–Trinajstić information content (AvgIpc) is 2.74. The summed E-state index contributed by atoms with van der Waals surface area (Å²) in [7, 11) is 0. The standard InChI is InChI=1S/C20H14/c1-2-8-15(9-3-1)17-11-6-7-13-19-18-12-5-4-10-16(18)14-20(17)19/h1-14H. The van der Waals surface area contributed by atoms with E-state index in [2.05, 4.69) is 84.9 Å². The molecule has 20 heavy (non-hydrogen) atoms. The number of hydrogen-bond acceptors (Lipinski definition) is 0. The molecule has 0 spiro atoms. The predicted molar refractivity (Wildman–Crippen MR) is 86.0 cm³/mol. The lowest BCUT2D eigenvalue weighted by Crippen LogP contribution is -1.78. The van der Waals surface area contributed by atoms with Crippen LogP contribution in [0.2, 0.25) is 0 Å². The largest absolute Gasteiger partial charge is 0.0622 e. The second kappa shape index (κ2) is 4.50. The quantitative estimate of drug-likeness (QED) is 0.414. The molecule has 0 atom stereocenters. The van der Waals surface area contributed by atoms with Gasteiger partial charge in [-0.1, -0.05) is 78.9 Å². The van der Waals surface area contributed by atoms with E-state index in [-0.39, 0.29) is 0 Å². The first-order valence-electron chi connectivity index (χ1n) is 6.89. The number of rotatable bonds is 1. The lowest BCUT2D eigenvalue weighted by Gasteiger charge is -2.04. The minimum absolute atomic E-state index is 1.27. The van der Waals surface area contributed by atoms with Crippen LogP contribution in [0.4, 0.5) is 0 Å². The summed E-state index contributed by atoms with van der Waals surface area (Å²) in [4.78, 5) is 0. The third kappa shape index (κ3) is 1.70. The van der Waals surface area contributed by atoms with Crippen molar-refractivity contribution in [1.29, 1.82) is 0 Å². The Labute approximate surface area is 118 Å². The molecule has 0 fully saturated rings. The van der Waals surface area contributed by atoms with Crippen LogP contribution in [0.25, 0.3) is 33.0 Å². The number of fused-ring (bicyclic) bond motifs is 3. The molecule has 0 aromatic heterocycles. The first-order valence-corrected chi connectivity index (χ1v) is 6.89. The van der Waals surface area contributed by atoms with Gasteiger partial charge in [-0.25, -0.2) is 0 Å². The molecule has 2 aromatic carbocycles.